The summed E-state index contributed by atoms with van der Waals surface area (Å²) in [4.78, 5) is 28.5. The summed E-state index contributed by atoms with van der Waals surface area (Å²) in [6.45, 7) is 0. The van der Waals surface area contributed by atoms with Gasteiger partial charge in [0.2, 0.25) is 0 Å². The predicted octanol–water partition coefficient (Wildman–Crippen LogP) is 4.52. The van der Waals surface area contributed by atoms with Crippen LogP contribution in [0.4, 0.5) is 20.2 Å². The number of carbonyl (C=O) groups is 2. The first kappa shape index (κ1) is 18.5. The van der Waals surface area contributed by atoms with Gasteiger partial charge in [0.1, 0.15) is 17.3 Å². The van der Waals surface area contributed by atoms with Crippen molar-refractivity contribution < 1.29 is 18.4 Å². The van der Waals surface area contributed by atoms with Crippen molar-refractivity contribution in [3.05, 3.63) is 88.7 Å². The molecule has 0 bridgehead atoms. The van der Waals surface area contributed by atoms with Gasteiger partial charge in [0.05, 0.1) is 16.4 Å². The number of nitrogens with one attached hydrogen (secondary N) is 2. The highest BCUT2D eigenvalue weighted by Crippen LogP contribution is 2.21. The molecule has 2 aromatic carbocycles. The van der Waals surface area contributed by atoms with E-state index in [-0.39, 0.29) is 16.9 Å². The first-order valence-corrected chi connectivity index (χ1v) is 8.10. The number of nitrogens with zero attached hydrogens (tertiary/aromatic N) is 1. The summed E-state index contributed by atoms with van der Waals surface area (Å²) in [7, 11) is 0. The van der Waals surface area contributed by atoms with Gasteiger partial charge in [-0.1, -0.05) is 23.7 Å². The third-order valence-corrected chi connectivity index (χ3v) is 3.89. The zero-order valence-corrected chi connectivity index (χ0v) is 14.4. The van der Waals surface area contributed by atoms with Gasteiger partial charge in [-0.2, -0.15) is 0 Å². The van der Waals surface area contributed by atoms with E-state index in [1.807, 2.05) is 0 Å². The van der Waals surface area contributed by atoms with Gasteiger partial charge in [0.15, 0.2) is 0 Å². The molecule has 0 saturated carbocycles. The topological polar surface area (TPSA) is 71.1 Å². The zero-order valence-electron chi connectivity index (χ0n) is 13.7. The largest absolute Gasteiger partial charge is 0.321 e. The van der Waals surface area contributed by atoms with Gasteiger partial charge in [0, 0.05) is 17.8 Å². The minimum Gasteiger partial charge on any atom is -0.321 e. The summed E-state index contributed by atoms with van der Waals surface area (Å²) in [6.07, 6.45) is 1.28. The number of hydrogen-bond acceptors (Lipinski definition) is 3. The number of hydrogen-bond donors (Lipinski definition) is 2. The second kappa shape index (κ2) is 7.92. The number of carbonyl (C=O) groups excluding carboxylic acids is 2. The first-order valence-electron chi connectivity index (χ1n) is 7.72. The molecule has 3 aromatic rings. The number of anilines is 2. The highest BCUT2D eigenvalue weighted by molar-refractivity contribution is 6.33. The number of pyridine rings is 1. The van der Waals surface area contributed by atoms with Crippen molar-refractivity contribution in [2.24, 2.45) is 0 Å². The van der Waals surface area contributed by atoms with Crippen LogP contribution >= 0.6 is 11.6 Å². The fourth-order valence-electron chi connectivity index (χ4n) is 2.23. The summed E-state index contributed by atoms with van der Waals surface area (Å²) in [5, 5.41) is 5.27. The van der Waals surface area contributed by atoms with E-state index in [4.69, 9.17) is 11.6 Å². The standard InChI is InChI=1S/C19H12ClF2N3O2/c20-13-3-1-2-4-15(13)24-18(26)11-7-8-23-17(9-11)19(27)25-16-6-5-12(21)10-14(16)22/h1-10H,(H,24,26)(H,25,27). The van der Waals surface area contributed by atoms with Crippen molar-refractivity contribution in [3.63, 3.8) is 0 Å². The van der Waals surface area contributed by atoms with Crippen LogP contribution in [0.5, 0.6) is 0 Å². The third kappa shape index (κ3) is 4.45. The predicted molar refractivity (Wildman–Crippen MR) is 98.0 cm³/mol. The van der Waals surface area contributed by atoms with E-state index in [0.717, 1.165) is 12.1 Å². The molecule has 0 spiro atoms. The molecule has 0 aliphatic rings. The molecule has 0 radical (unpaired) electrons. The highest BCUT2D eigenvalue weighted by atomic mass is 35.5. The SMILES string of the molecule is O=C(Nc1ccccc1Cl)c1ccnc(C(=O)Nc2ccc(F)cc2F)c1. The van der Waals surface area contributed by atoms with Crippen LogP contribution < -0.4 is 10.6 Å². The van der Waals surface area contributed by atoms with Crippen LogP contribution in [0.1, 0.15) is 20.8 Å². The lowest BCUT2D eigenvalue weighted by atomic mass is 10.2. The fourth-order valence-corrected chi connectivity index (χ4v) is 2.41. The van der Waals surface area contributed by atoms with Crippen LogP contribution in [0.25, 0.3) is 0 Å². The molecule has 2 N–H and O–H groups in total. The van der Waals surface area contributed by atoms with Gasteiger partial charge in [-0.25, -0.2) is 8.78 Å². The van der Waals surface area contributed by atoms with Crippen molar-refractivity contribution in [2.75, 3.05) is 10.6 Å². The van der Waals surface area contributed by atoms with Crippen molar-refractivity contribution in [2.45, 2.75) is 0 Å². The van der Waals surface area contributed by atoms with E-state index in [0.29, 0.717) is 16.8 Å². The highest BCUT2D eigenvalue weighted by Gasteiger charge is 2.15. The monoisotopic (exact) mass is 387 g/mol. The minimum absolute atomic E-state index is 0.106. The molecular formula is C19H12ClF2N3O2. The average molecular weight is 388 g/mol. The molecule has 5 nitrogen and oxygen atoms in total. The molecule has 136 valence electrons. The molecule has 2 amide bonds. The molecule has 0 fully saturated rings. The number of amides is 2. The van der Waals surface area contributed by atoms with Crippen molar-refractivity contribution in [1.82, 2.24) is 4.98 Å². The van der Waals surface area contributed by atoms with Crippen LogP contribution in [0, 0.1) is 11.6 Å². The van der Waals surface area contributed by atoms with Crippen LogP contribution in [-0.2, 0) is 0 Å². The summed E-state index contributed by atoms with van der Waals surface area (Å²) in [6, 6.07) is 12.1. The molecule has 8 heteroatoms. The lowest BCUT2D eigenvalue weighted by Gasteiger charge is -2.09. The fraction of sp³-hybridized carbons (Fsp3) is 0. The molecule has 27 heavy (non-hydrogen) atoms. The van der Waals surface area contributed by atoms with Gasteiger partial charge < -0.3 is 10.6 Å². The Bertz CT molecular complexity index is 1030. The van der Waals surface area contributed by atoms with Crippen LogP contribution in [0.3, 0.4) is 0 Å². The maximum Gasteiger partial charge on any atom is 0.274 e. The van der Waals surface area contributed by atoms with Gasteiger partial charge in [0.25, 0.3) is 11.8 Å². The van der Waals surface area contributed by atoms with Gasteiger partial charge in [-0.15, -0.1) is 0 Å². The molecule has 0 aliphatic heterocycles. The van der Waals surface area contributed by atoms with Crippen LogP contribution in [0.15, 0.2) is 60.8 Å². The Morgan fingerprint density at radius 3 is 2.37 bits per heavy atom. The Morgan fingerprint density at radius 2 is 1.63 bits per heavy atom. The smallest absolute Gasteiger partial charge is 0.274 e. The average Bonchev–Trinajstić information content (AvgIpc) is 2.66. The second-order valence-electron chi connectivity index (χ2n) is 5.44. The van der Waals surface area contributed by atoms with E-state index in [9.17, 15) is 18.4 Å². The van der Waals surface area contributed by atoms with E-state index >= 15 is 0 Å². The summed E-state index contributed by atoms with van der Waals surface area (Å²) in [5.74, 6) is -2.92. The number of halogens is 3. The summed E-state index contributed by atoms with van der Waals surface area (Å²) in [5.41, 5.74) is 0.273. The normalized spacial score (nSPS) is 10.3. The lowest BCUT2D eigenvalue weighted by molar-refractivity contribution is 0.102. The Balaban J connectivity index is 1.77. The van der Waals surface area contributed by atoms with E-state index in [1.54, 1.807) is 24.3 Å². The lowest BCUT2D eigenvalue weighted by Crippen LogP contribution is -2.17. The third-order valence-electron chi connectivity index (χ3n) is 3.56. The first-order chi connectivity index (χ1) is 12.9. The maximum atomic E-state index is 13.7. The summed E-state index contributed by atoms with van der Waals surface area (Å²) >= 11 is 6.00. The van der Waals surface area contributed by atoms with Gasteiger partial charge in [-0.05, 0) is 36.4 Å². The van der Waals surface area contributed by atoms with Crippen LogP contribution in [0.2, 0.25) is 5.02 Å². The van der Waals surface area contributed by atoms with Crippen molar-refractivity contribution >= 4 is 34.8 Å². The number of rotatable bonds is 4. The minimum atomic E-state index is -0.920. The van der Waals surface area contributed by atoms with E-state index in [2.05, 4.69) is 15.6 Å². The van der Waals surface area contributed by atoms with Crippen molar-refractivity contribution in [1.29, 1.82) is 0 Å². The molecule has 1 aromatic heterocycles. The zero-order chi connectivity index (χ0) is 19.4. The van der Waals surface area contributed by atoms with E-state index in [1.165, 1.54) is 18.3 Å². The van der Waals surface area contributed by atoms with E-state index < -0.39 is 23.4 Å². The van der Waals surface area contributed by atoms with Gasteiger partial charge >= 0.3 is 0 Å². The molecule has 1 heterocycles. The van der Waals surface area contributed by atoms with Crippen LogP contribution in [-0.4, -0.2) is 16.8 Å². The quantitative estimate of drug-likeness (QED) is 0.691. The molecule has 3 rings (SSSR count). The molecule has 0 unspecified atom stereocenters. The van der Waals surface area contributed by atoms with Gasteiger partial charge in [-0.3, -0.25) is 14.6 Å². The molecule has 0 atom stereocenters. The summed E-state index contributed by atoms with van der Waals surface area (Å²) < 4.78 is 26.6. The molecular weight excluding hydrogens is 376 g/mol. The number of aromatic nitrogens is 1. The Kier molecular flexibility index (Phi) is 5.42. The molecule has 0 aliphatic carbocycles. The van der Waals surface area contributed by atoms with Crippen molar-refractivity contribution in [3.8, 4) is 0 Å². The maximum absolute atomic E-state index is 13.7. The Labute approximate surface area is 158 Å². The number of para-hydroxylation sites is 1. The number of benzene rings is 2. The second-order valence-corrected chi connectivity index (χ2v) is 5.85. The Hall–Kier alpha value is -3.32. The Morgan fingerprint density at radius 1 is 0.889 bits per heavy atom. The molecule has 0 saturated heterocycles.